The first-order chi connectivity index (χ1) is 9.97. The second kappa shape index (κ2) is 7.06. The van der Waals surface area contributed by atoms with Crippen LogP contribution in [0.1, 0.15) is 46.1 Å². The van der Waals surface area contributed by atoms with Crippen LogP contribution in [0.4, 0.5) is 5.69 Å². The molecule has 1 aliphatic heterocycles. The lowest BCUT2D eigenvalue weighted by atomic mass is 9.75. The number of rotatable bonds is 4. The number of nitrogens with zero attached hydrogens (tertiary/aromatic N) is 1. The largest absolute Gasteiger partial charge is 0.371 e. The number of benzene rings is 1. The second-order valence-electron chi connectivity index (χ2n) is 7.02. The summed E-state index contributed by atoms with van der Waals surface area (Å²) in [6, 6.07) is 6.64. The molecule has 0 bridgehead atoms. The minimum atomic E-state index is 0.433. The van der Waals surface area contributed by atoms with Crippen LogP contribution in [0.15, 0.2) is 23.1 Å². The van der Waals surface area contributed by atoms with Crippen molar-refractivity contribution in [3.05, 3.63) is 23.8 Å². The molecule has 0 unspecified atom stereocenters. The van der Waals surface area contributed by atoms with Crippen LogP contribution in [0.5, 0.6) is 0 Å². The Labute approximate surface area is 134 Å². The van der Waals surface area contributed by atoms with Gasteiger partial charge in [-0.2, -0.15) is 0 Å². The fourth-order valence-electron chi connectivity index (χ4n) is 3.33. The Morgan fingerprint density at radius 2 is 1.90 bits per heavy atom. The van der Waals surface area contributed by atoms with Gasteiger partial charge in [-0.15, -0.1) is 11.8 Å². The van der Waals surface area contributed by atoms with Gasteiger partial charge in [-0.05, 0) is 42.1 Å². The molecule has 21 heavy (non-hydrogen) atoms. The Bertz CT molecular complexity index is 457. The molecule has 118 valence electrons. The average Bonchev–Trinajstić information content (AvgIpc) is 2.46. The smallest absolute Gasteiger partial charge is 0.0423 e. The van der Waals surface area contributed by atoms with Crippen LogP contribution in [0.25, 0.3) is 0 Å². The number of piperidine rings is 1. The molecule has 1 heterocycles. The van der Waals surface area contributed by atoms with Crippen molar-refractivity contribution in [2.75, 3.05) is 23.7 Å². The Kier molecular flexibility index (Phi) is 5.61. The molecule has 1 aliphatic rings. The molecule has 3 heteroatoms. The summed E-state index contributed by atoms with van der Waals surface area (Å²) in [6.45, 7) is 12.3. The van der Waals surface area contributed by atoms with Crippen molar-refractivity contribution in [2.45, 2.75) is 52.0 Å². The van der Waals surface area contributed by atoms with Gasteiger partial charge in [-0.1, -0.05) is 33.8 Å². The quantitative estimate of drug-likeness (QED) is 0.829. The van der Waals surface area contributed by atoms with Crippen molar-refractivity contribution < 1.29 is 0 Å². The highest BCUT2D eigenvalue weighted by Gasteiger charge is 2.29. The van der Waals surface area contributed by atoms with Crippen LogP contribution in [0, 0.1) is 11.3 Å². The molecule has 0 aliphatic carbocycles. The topological polar surface area (TPSA) is 29.3 Å². The van der Waals surface area contributed by atoms with E-state index in [4.69, 9.17) is 5.73 Å². The van der Waals surface area contributed by atoms with Crippen LogP contribution in [0.3, 0.4) is 0 Å². The van der Waals surface area contributed by atoms with E-state index in [-0.39, 0.29) is 0 Å². The van der Waals surface area contributed by atoms with Crippen LogP contribution in [-0.2, 0) is 6.54 Å². The third-order valence-corrected chi connectivity index (χ3v) is 5.65. The van der Waals surface area contributed by atoms with Crippen molar-refractivity contribution in [2.24, 2.45) is 17.1 Å². The van der Waals surface area contributed by atoms with E-state index in [0.29, 0.717) is 12.0 Å². The van der Waals surface area contributed by atoms with Crippen LogP contribution < -0.4 is 10.6 Å². The van der Waals surface area contributed by atoms with E-state index in [1.165, 1.54) is 29.0 Å². The summed E-state index contributed by atoms with van der Waals surface area (Å²) in [5.41, 5.74) is 9.17. The van der Waals surface area contributed by atoms with Gasteiger partial charge in [0.15, 0.2) is 0 Å². The summed E-state index contributed by atoms with van der Waals surface area (Å²) >= 11 is 1.90. The second-order valence-corrected chi connectivity index (χ2v) is 8.32. The third kappa shape index (κ3) is 3.95. The lowest BCUT2D eigenvalue weighted by molar-refractivity contribution is 0.199. The molecule has 0 radical (unpaired) electrons. The van der Waals surface area contributed by atoms with Crippen molar-refractivity contribution in [3.8, 4) is 0 Å². The maximum absolute atomic E-state index is 6.04. The summed E-state index contributed by atoms with van der Waals surface area (Å²) in [7, 11) is 0. The van der Waals surface area contributed by atoms with Gasteiger partial charge in [0.25, 0.3) is 0 Å². The van der Waals surface area contributed by atoms with E-state index in [1.807, 2.05) is 11.8 Å². The number of hydrogen-bond acceptors (Lipinski definition) is 3. The number of anilines is 1. The van der Waals surface area contributed by atoms with E-state index in [9.17, 15) is 0 Å². The van der Waals surface area contributed by atoms with Crippen LogP contribution in [-0.4, -0.2) is 18.8 Å². The maximum Gasteiger partial charge on any atom is 0.0423 e. The minimum Gasteiger partial charge on any atom is -0.371 e. The van der Waals surface area contributed by atoms with E-state index >= 15 is 0 Å². The van der Waals surface area contributed by atoms with Crippen molar-refractivity contribution in [1.82, 2.24) is 0 Å². The Morgan fingerprint density at radius 1 is 1.24 bits per heavy atom. The molecule has 0 atom stereocenters. The van der Waals surface area contributed by atoms with Gasteiger partial charge >= 0.3 is 0 Å². The molecular formula is C18H30N2S. The van der Waals surface area contributed by atoms with Gasteiger partial charge in [0.2, 0.25) is 0 Å². The van der Waals surface area contributed by atoms with Crippen molar-refractivity contribution in [3.63, 3.8) is 0 Å². The highest BCUT2D eigenvalue weighted by molar-refractivity contribution is 7.99. The number of thioether (sulfide) groups is 1. The molecule has 1 aromatic carbocycles. The fraction of sp³-hybridized carbons (Fsp3) is 0.667. The standard InChI is InChI=1S/C18H30N2S/c1-5-21-17-8-6-7-16(15(17)13-19)20-11-9-14(10-12-20)18(2,3)4/h6-8,14H,5,9-13,19H2,1-4H3. The first kappa shape index (κ1) is 16.7. The maximum atomic E-state index is 6.04. The monoisotopic (exact) mass is 306 g/mol. The number of nitrogens with two attached hydrogens (primary N) is 1. The zero-order valence-corrected chi connectivity index (χ0v) is 14.8. The van der Waals surface area contributed by atoms with Gasteiger partial charge in [-0.3, -0.25) is 0 Å². The summed E-state index contributed by atoms with van der Waals surface area (Å²) in [4.78, 5) is 3.90. The summed E-state index contributed by atoms with van der Waals surface area (Å²) < 4.78 is 0. The molecule has 2 N–H and O–H groups in total. The SMILES string of the molecule is CCSc1cccc(N2CCC(C(C)(C)C)CC2)c1CN. The predicted octanol–water partition coefficient (Wildman–Crippen LogP) is 4.52. The molecule has 0 spiro atoms. The van der Waals surface area contributed by atoms with E-state index in [2.05, 4.69) is 50.8 Å². The Morgan fingerprint density at radius 3 is 2.43 bits per heavy atom. The molecule has 0 aromatic heterocycles. The molecule has 1 saturated heterocycles. The molecule has 0 saturated carbocycles. The molecule has 0 amide bonds. The first-order valence-electron chi connectivity index (χ1n) is 8.17. The summed E-state index contributed by atoms with van der Waals surface area (Å²) in [6.07, 6.45) is 2.58. The number of hydrogen-bond donors (Lipinski definition) is 1. The van der Waals surface area contributed by atoms with Gasteiger partial charge < -0.3 is 10.6 Å². The zero-order valence-electron chi connectivity index (χ0n) is 14.0. The normalized spacial score (nSPS) is 17.3. The van der Waals surface area contributed by atoms with Gasteiger partial charge in [-0.25, -0.2) is 0 Å². The van der Waals surface area contributed by atoms with E-state index in [1.54, 1.807) is 0 Å². The van der Waals surface area contributed by atoms with Crippen LogP contribution >= 0.6 is 11.8 Å². The lowest BCUT2D eigenvalue weighted by Gasteiger charge is -2.40. The first-order valence-corrected chi connectivity index (χ1v) is 9.15. The van der Waals surface area contributed by atoms with Gasteiger partial charge in [0.05, 0.1) is 0 Å². The fourth-order valence-corrected chi connectivity index (χ4v) is 4.18. The highest BCUT2D eigenvalue weighted by atomic mass is 32.2. The van der Waals surface area contributed by atoms with Crippen LogP contribution in [0.2, 0.25) is 0 Å². The average molecular weight is 307 g/mol. The molecule has 2 nitrogen and oxygen atoms in total. The summed E-state index contributed by atoms with van der Waals surface area (Å²) in [5.74, 6) is 1.94. The Hall–Kier alpha value is -0.670. The highest BCUT2D eigenvalue weighted by Crippen LogP contribution is 2.37. The molecule has 2 rings (SSSR count). The predicted molar refractivity (Wildman–Crippen MR) is 95.1 cm³/mol. The molecule has 1 fully saturated rings. The van der Waals surface area contributed by atoms with Gasteiger partial charge in [0, 0.05) is 35.8 Å². The minimum absolute atomic E-state index is 0.433. The zero-order chi connectivity index (χ0) is 15.5. The molecular weight excluding hydrogens is 276 g/mol. The molecule has 1 aromatic rings. The van der Waals surface area contributed by atoms with Gasteiger partial charge in [0.1, 0.15) is 0 Å². The Balaban J connectivity index is 2.15. The third-order valence-electron chi connectivity index (χ3n) is 4.67. The van der Waals surface area contributed by atoms with E-state index in [0.717, 1.165) is 24.8 Å². The lowest BCUT2D eigenvalue weighted by Crippen LogP contribution is -2.38. The summed E-state index contributed by atoms with van der Waals surface area (Å²) in [5, 5.41) is 0. The van der Waals surface area contributed by atoms with Crippen molar-refractivity contribution in [1.29, 1.82) is 0 Å². The van der Waals surface area contributed by atoms with E-state index < -0.39 is 0 Å². The van der Waals surface area contributed by atoms with Crippen molar-refractivity contribution >= 4 is 17.4 Å².